The standard InChI is InChI=1S/C18H24N2O5S/c1-13-4-2-11-20(12-13)26(24,25)15-7-5-14(6-8-15)16(21)19-18(17(22)23)9-3-10-18/h5-8,13H,2-4,9-12H2,1H3,(H,19,21)(H,22,23). The molecule has 0 aromatic heterocycles. The van der Waals surface area contributed by atoms with Crippen molar-refractivity contribution in [1.29, 1.82) is 0 Å². The Morgan fingerprint density at radius 3 is 2.35 bits per heavy atom. The van der Waals surface area contributed by atoms with Crippen LogP contribution in [-0.2, 0) is 14.8 Å². The van der Waals surface area contributed by atoms with Gasteiger partial charge in [0.25, 0.3) is 5.91 Å². The van der Waals surface area contributed by atoms with Crippen LogP contribution in [0.4, 0.5) is 0 Å². The maximum atomic E-state index is 12.7. The van der Waals surface area contributed by atoms with Gasteiger partial charge in [0.2, 0.25) is 10.0 Å². The highest BCUT2D eigenvalue weighted by atomic mass is 32.2. The minimum atomic E-state index is -3.57. The van der Waals surface area contributed by atoms with Crippen molar-refractivity contribution in [2.24, 2.45) is 5.92 Å². The molecule has 1 aromatic rings. The van der Waals surface area contributed by atoms with Crippen LogP contribution >= 0.6 is 0 Å². The maximum Gasteiger partial charge on any atom is 0.329 e. The van der Waals surface area contributed by atoms with Crippen LogP contribution in [0.15, 0.2) is 29.2 Å². The minimum absolute atomic E-state index is 0.153. The predicted molar refractivity (Wildman–Crippen MR) is 95.3 cm³/mol. The van der Waals surface area contributed by atoms with Crippen molar-refractivity contribution in [3.05, 3.63) is 29.8 Å². The molecule has 2 aliphatic rings. The van der Waals surface area contributed by atoms with Gasteiger partial charge in [-0.05, 0) is 62.3 Å². The number of carboxylic acid groups (broad SMARTS) is 1. The van der Waals surface area contributed by atoms with Crippen LogP contribution < -0.4 is 5.32 Å². The summed E-state index contributed by atoms with van der Waals surface area (Å²) in [6.07, 6.45) is 3.45. The topological polar surface area (TPSA) is 104 Å². The summed E-state index contributed by atoms with van der Waals surface area (Å²) in [6, 6.07) is 5.70. The fourth-order valence-corrected chi connectivity index (χ4v) is 5.10. The van der Waals surface area contributed by atoms with E-state index in [0.29, 0.717) is 31.8 Å². The summed E-state index contributed by atoms with van der Waals surface area (Å²) in [5.74, 6) is -1.20. The van der Waals surface area contributed by atoms with Gasteiger partial charge in [-0.3, -0.25) is 4.79 Å². The first kappa shape index (κ1) is 18.8. The zero-order valence-corrected chi connectivity index (χ0v) is 15.6. The third-order valence-electron chi connectivity index (χ3n) is 5.34. The van der Waals surface area contributed by atoms with E-state index in [0.717, 1.165) is 19.3 Å². The molecule has 1 aliphatic heterocycles. The summed E-state index contributed by atoms with van der Waals surface area (Å²) in [7, 11) is -3.57. The summed E-state index contributed by atoms with van der Waals surface area (Å²) in [5.41, 5.74) is -0.935. The zero-order chi connectivity index (χ0) is 18.9. The minimum Gasteiger partial charge on any atom is -0.480 e. The van der Waals surface area contributed by atoms with Crippen LogP contribution in [0.2, 0.25) is 0 Å². The van der Waals surface area contributed by atoms with E-state index in [-0.39, 0.29) is 10.5 Å². The van der Waals surface area contributed by atoms with E-state index in [9.17, 15) is 23.1 Å². The van der Waals surface area contributed by atoms with Crippen LogP contribution in [0.25, 0.3) is 0 Å². The molecule has 7 nitrogen and oxygen atoms in total. The number of piperidine rings is 1. The third-order valence-corrected chi connectivity index (χ3v) is 7.22. The van der Waals surface area contributed by atoms with Gasteiger partial charge in [-0.2, -0.15) is 4.31 Å². The Morgan fingerprint density at radius 1 is 1.19 bits per heavy atom. The number of rotatable bonds is 5. The van der Waals surface area contributed by atoms with Crippen LogP contribution in [0.3, 0.4) is 0 Å². The van der Waals surface area contributed by atoms with Crippen molar-refractivity contribution in [3.63, 3.8) is 0 Å². The van der Waals surface area contributed by atoms with Crippen molar-refractivity contribution in [3.8, 4) is 0 Å². The fourth-order valence-electron chi connectivity index (χ4n) is 3.50. The molecular formula is C18H24N2O5S. The average molecular weight is 380 g/mol. The van der Waals surface area contributed by atoms with Gasteiger partial charge in [0.05, 0.1) is 4.90 Å². The molecule has 26 heavy (non-hydrogen) atoms. The Bertz CT molecular complexity index is 799. The molecule has 2 fully saturated rings. The quantitative estimate of drug-likeness (QED) is 0.811. The first-order valence-electron chi connectivity index (χ1n) is 8.91. The van der Waals surface area contributed by atoms with E-state index in [1.807, 2.05) is 6.92 Å². The first-order chi connectivity index (χ1) is 12.2. The molecule has 3 rings (SSSR count). The summed E-state index contributed by atoms with van der Waals surface area (Å²) in [6.45, 7) is 3.05. The monoisotopic (exact) mass is 380 g/mol. The van der Waals surface area contributed by atoms with E-state index >= 15 is 0 Å². The number of hydrogen-bond acceptors (Lipinski definition) is 4. The summed E-state index contributed by atoms with van der Waals surface area (Å²) in [4.78, 5) is 23.8. The highest BCUT2D eigenvalue weighted by molar-refractivity contribution is 7.89. The second-order valence-electron chi connectivity index (χ2n) is 7.33. The van der Waals surface area contributed by atoms with Crippen molar-refractivity contribution >= 4 is 21.9 Å². The van der Waals surface area contributed by atoms with Crippen molar-refractivity contribution < 1.29 is 23.1 Å². The van der Waals surface area contributed by atoms with Crippen LogP contribution in [0, 0.1) is 5.92 Å². The number of nitrogens with zero attached hydrogens (tertiary/aromatic N) is 1. The van der Waals surface area contributed by atoms with Gasteiger partial charge in [0.15, 0.2) is 0 Å². The van der Waals surface area contributed by atoms with Gasteiger partial charge >= 0.3 is 5.97 Å². The van der Waals surface area contributed by atoms with E-state index < -0.39 is 27.4 Å². The second-order valence-corrected chi connectivity index (χ2v) is 9.27. The van der Waals surface area contributed by atoms with E-state index in [1.54, 1.807) is 0 Å². The molecule has 1 amide bonds. The molecule has 1 saturated carbocycles. The highest BCUT2D eigenvalue weighted by Crippen LogP contribution is 2.32. The normalized spacial score (nSPS) is 23.0. The largest absolute Gasteiger partial charge is 0.480 e. The lowest BCUT2D eigenvalue weighted by atomic mass is 9.76. The molecular weight excluding hydrogens is 356 g/mol. The van der Waals surface area contributed by atoms with Gasteiger partial charge in [-0.15, -0.1) is 0 Å². The predicted octanol–water partition coefficient (Wildman–Crippen LogP) is 1.84. The van der Waals surface area contributed by atoms with Gasteiger partial charge in [-0.25, -0.2) is 13.2 Å². The molecule has 1 unspecified atom stereocenters. The highest BCUT2D eigenvalue weighted by Gasteiger charge is 2.45. The van der Waals surface area contributed by atoms with Crippen LogP contribution in [0.5, 0.6) is 0 Å². The molecule has 0 bridgehead atoms. The summed E-state index contributed by atoms with van der Waals surface area (Å²) < 4.78 is 27.0. The number of carbonyl (C=O) groups is 2. The molecule has 0 spiro atoms. The van der Waals surface area contributed by atoms with Gasteiger partial charge in [0, 0.05) is 18.7 Å². The van der Waals surface area contributed by atoms with Gasteiger partial charge in [0.1, 0.15) is 5.54 Å². The van der Waals surface area contributed by atoms with Crippen molar-refractivity contribution in [1.82, 2.24) is 9.62 Å². The van der Waals surface area contributed by atoms with E-state index in [4.69, 9.17) is 0 Å². The number of hydrogen-bond donors (Lipinski definition) is 2. The average Bonchev–Trinajstić information content (AvgIpc) is 2.57. The number of benzene rings is 1. The van der Waals surface area contributed by atoms with E-state index in [2.05, 4.69) is 5.32 Å². The smallest absolute Gasteiger partial charge is 0.329 e. The van der Waals surface area contributed by atoms with Crippen LogP contribution in [-0.4, -0.2) is 48.3 Å². The molecule has 1 heterocycles. The Balaban J connectivity index is 1.73. The van der Waals surface area contributed by atoms with Crippen molar-refractivity contribution in [2.75, 3.05) is 13.1 Å². The summed E-state index contributed by atoms with van der Waals surface area (Å²) >= 11 is 0. The Morgan fingerprint density at radius 2 is 1.85 bits per heavy atom. The number of nitrogens with one attached hydrogen (secondary N) is 1. The summed E-state index contributed by atoms with van der Waals surface area (Å²) in [5, 5.41) is 11.9. The lowest BCUT2D eigenvalue weighted by molar-refractivity contribution is -0.148. The lowest BCUT2D eigenvalue weighted by Gasteiger charge is -2.38. The number of amides is 1. The SMILES string of the molecule is CC1CCCN(S(=O)(=O)c2ccc(C(=O)NC3(C(=O)O)CCC3)cc2)C1. The third kappa shape index (κ3) is 3.48. The molecule has 1 aromatic carbocycles. The number of carbonyl (C=O) groups excluding carboxylic acids is 1. The molecule has 142 valence electrons. The molecule has 1 aliphatic carbocycles. The number of aliphatic carboxylic acids is 1. The van der Waals surface area contributed by atoms with Gasteiger partial charge in [-0.1, -0.05) is 6.92 Å². The number of sulfonamides is 1. The molecule has 8 heteroatoms. The Kier molecular flexibility index (Phi) is 5.07. The second kappa shape index (κ2) is 7.00. The Labute approximate surface area is 153 Å². The van der Waals surface area contributed by atoms with Crippen molar-refractivity contribution in [2.45, 2.75) is 49.5 Å². The molecule has 1 saturated heterocycles. The molecule has 2 N–H and O–H groups in total. The van der Waals surface area contributed by atoms with Crippen LogP contribution in [0.1, 0.15) is 49.4 Å². The Hall–Kier alpha value is -1.93. The zero-order valence-electron chi connectivity index (χ0n) is 14.8. The lowest BCUT2D eigenvalue weighted by Crippen LogP contribution is -2.59. The molecule has 0 radical (unpaired) electrons. The molecule has 1 atom stereocenters. The number of carboxylic acids is 1. The first-order valence-corrected chi connectivity index (χ1v) is 10.3. The fraction of sp³-hybridized carbons (Fsp3) is 0.556. The van der Waals surface area contributed by atoms with Gasteiger partial charge < -0.3 is 10.4 Å². The maximum absolute atomic E-state index is 12.7. The van der Waals surface area contributed by atoms with E-state index in [1.165, 1.54) is 28.6 Å².